The van der Waals surface area contributed by atoms with Crippen LogP contribution in [0.15, 0.2) is 18.3 Å². The third-order valence-electron chi connectivity index (χ3n) is 1.06. The molecule has 1 heterocycles. The molecule has 0 saturated carbocycles. The molecule has 2 nitrogen and oxygen atoms in total. The predicted octanol–water partition coefficient (Wildman–Crippen LogP) is 0.734. The van der Waals surface area contributed by atoms with Gasteiger partial charge in [-0.25, -0.2) is 0 Å². The summed E-state index contributed by atoms with van der Waals surface area (Å²) in [6.07, 6.45) is 1.60. The van der Waals surface area contributed by atoms with Crippen molar-refractivity contribution in [2.24, 2.45) is 0 Å². The minimum atomic E-state index is 0.731. The molecular weight excluding hydrogens is 181 g/mol. The Labute approximate surface area is 61.1 Å². The molecule has 0 aliphatic heterocycles. The Hall–Kier alpha value is -0.531. The van der Waals surface area contributed by atoms with Crippen molar-refractivity contribution in [2.45, 2.75) is 6.92 Å². The second-order valence-electron chi connectivity index (χ2n) is 1.89. The van der Waals surface area contributed by atoms with Crippen molar-refractivity contribution in [3.05, 3.63) is 28.1 Å². The van der Waals surface area contributed by atoms with Gasteiger partial charge < -0.3 is 0 Å². The third kappa shape index (κ3) is 1.44. The van der Waals surface area contributed by atoms with Gasteiger partial charge in [0.1, 0.15) is 0 Å². The van der Waals surface area contributed by atoms with E-state index in [0.717, 1.165) is 14.5 Å². The van der Waals surface area contributed by atoms with E-state index in [1.165, 1.54) is 0 Å². The van der Waals surface area contributed by atoms with Crippen LogP contribution in [0.2, 0.25) is 0 Å². The van der Waals surface area contributed by atoms with Gasteiger partial charge in [-0.15, -0.1) is 0 Å². The summed E-state index contributed by atoms with van der Waals surface area (Å²) in [4.78, 5) is 0. The average molecular weight is 188 g/mol. The molecule has 0 atom stereocenters. The summed E-state index contributed by atoms with van der Waals surface area (Å²) in [6, 6.07) is 3.70. The summed E-state index contributed by atoms with van der Waals surface area (Å²) in [5.74, 6) is 0. The summed E-state index contributed by atoms with van der Waals surface area (Å²) in [6.45, 7) is 1.97. The van der Waals surface area contributed by atoms with E-state index >= 15 is 0 Å². The number of aromatic nitrogens is 1. The first-order chi connectivity index (χ1) is 4.20. The standard InChI is InChI=1S/C6H7NOSe/c1-5-2-3-7(8)6(9)4-5/h2-4,8H,1H3. The molecule has 0 aliphatic rings. The van der Waals surface area contributed by atoms with Crippen LogP contribution in [0.5, 0.6) is 0 Å². The van der Waals surface area contributed by atoms with Gasteiger partial charge in [0, 0.05) is 0 Å². The van der Waals surface area contributed by atoms with Crippen LogP contribution in [0.1, 0.15) is 5.56 Å². The van der Waals surface area contributed by atoms with E-state index < -0.39 is 0 Å². The fraction of sp³-hybridized carbons (Fsp3) is 0.167. The van der Waals surface area contributed by atoms with Crippen LogP contribution >= 0.6 is 0 Å². The Balaban J connectivity index is 3.34. The van der Waals surface area contributed by atoms with Gasteiger partial charge in [-0.1, -0.05) is 0 Å². The van der Waals surface area contributed by atoms with Crippen LogP contribution in [-0.4, -0.2) is 25.5 Å². The zero-order chi connectivity index (χ0) is 6.85. The van der Waals surface area contributed by atoms with Crippen LogP contribution < -0.4 is 0 Å². The van der Waals surface area contributed by atoms with Gasteiger partial charge in [0.2, 0.25) is 0 Å². The van der Waals surface area contributed by atoms with Gasteiger partial charge in [-0.3, -0.25) is 0 Å². The van der Waals surface area contributed by atoms with Crippen molar-refractivity contribution in [3.8, 4) is 0 Å². The number of pyridine rings is 1. The van der Waals surface area contributed by atoms with Crippen LogP contribution in [-0.2, 0) is 0 Å². The van der Waals surface area contributed by atoms with Gasteiger partial charge in [0.25, 0.3) is 0 Å². The molecular formula is C6H7NOSe. The number of rotatable bonds is 0. The number of aryl methyl sites for hydroxylation is 1. The SMILES string of the molecule is Cc1ccn(O)c(=[Se])c1. The van der Waals surface area contributed by atoms with E-state index in [0.29, 0.717) is 0 Å². The Morgan fingerprint density at radius 2 is 2.33 bits per heavy atom. The summed E-state index contributed by atoms with van der Waals surface area (Å²) < 4.78 is 1.78. The summed E-state index contributed by atoms with van der Waals surface area (Å²) in [5.41, 5.74) is 1.13. The topological polar surface area (TPSA) is 25.2 Å². The first-order valence-corrected chi connectivity index (χ1v) is 3.44. The monoisotopic (exact) mass is 189 g/mol. The number of hydrogen-bond donors (Lipinski definition) is 1. The molecule has 0 amide bonds. The maximum absolute atomic E-state index is 8.93. The third-order valence-corrected chi connectivity index (χ3v) is 1.70. The summed E-state index contributed by atoms with van der Waals surface area (Å²) in [5, 5.41) is 8.93. The van der Waals surface area contributed by atoms with Gasteiger partial charge in [-0.2, -0.15) is 0 Å². The number of nitrogens with zero attached hydrogens (tertiary/aromatic N) is 1. The summed E-state index contributed by atoms with van der Waals surface area (Å²) >= 11 is 2.72. The molecule has 1 N–H and O–H groups in total. The molecule has 0 spiro atoms. The normalized spacial score (nSPS) is 9.44. The van der Waals surface area contributed by atoms with E-state index in [1.807, 2.05) is 19.1 Å². The average Bonchev–Trinajstić information content (AvgIpc) is 1.80. The second-order valence-corrected chi connectivity index (χ2v) is 2.76. The number of hydrogen-bond acceptors (Lipinski definition) is 1. The second kappa shape index (κ2) is 2.38. The first kappa shape index (κ1) is 6.59. The molecule has 0 radical (unpaired) electrons. The van der Waals surface area contributed by atoms with E-state index in [2.05, 4.69) is 15.6 Å². The van der Waals surface area contributed by atoms with Crippen molar-refractivity contribution >= 4 is 15.6 Å². The van der Waals surface area contributed by atoms with Crippen LogP contribution in [0.3, 0.4) is 0 Å². The first-order valence-electron chi connectivity index (χ1n) is 2.59. The van der Waals surface area contributed by atoms with Crippen molar-refractivity contribution < 1.29 is 5.21 Å². The zero-order valence-corrected chi connectivity index (χ0v) is 6.75. The van der Waals surface area contributed by atoms with Crippen molar-refractivity contribution in [3.63, 3.8) is 0 Å². The quantitative estimate of drug-likeness (QED) is 0.471. The van der Waals surface area contributed by atoms with Crippen LogP contribution in [0, 0.1) is 11.1 Å². The van der Waals surface area contributed by atoms with E-state index in [4.69, 9.17) is 5.21 Å². The molecule has 1 aromatic heterocycles. The van der Waals surface area contributed by atoms with Crippen LogP contribution in [0.4, 0.5) is 0 Å². The Morgan fingerprint density at radius 1 is 1.67 bits per heavy atom. The molecule has 48 valence electrons. The molecule has 0 aromatic carbocycles. The molecule has 0 bridgehead atoms. The molecule has 0 saturated heterocycles. The molecule has 0 unspecified atom stereocenters. The molecule has 0 fully saturated rings. The van der Waals surface area contributed by atoms with Gasteiger partial charge in [0.05, 0.1) is 0 Å². The van der Waals surface area contributed by atoms with Crippen molar-refractivity contribution in [1.29, 1.82) is 0 Å². The van der Waals surface area contributed by atoms with Gasteiger partial charge >= 0.3 is 60.5 Å². The predicted molar refractivity (Wildman–Crippen MR) is 35.4 cm³/mol. The Bertz CT molecular complexity index is 266. The van der Waals surface area contributed by atoms with Crippen molar-refractivity contribution in [2.75, 3.05) is 0 Å². The fourth-order valence-electron chi connectivity index (χ4n) is 0.571. The molecule has 0 aliphatic carbocycles. The van der Waals surface area contributed by atoms with E-state index in [9.17, 15) is 0 Å². The zero-order valence-electron chi connectivity index (χ0n) is 5.03. The van der Waals surface area contributed by atoms with Gasteiger partial charge in [-0.05, 0) is 0 Å². The Kier molecular flexibility index (Phi) is 1.74. The van der Waals surface area contributed by atoms with E-state index in [-0.39, 0.29) is 0 Å². The fourth-order valence-corrected chi connectivity index (χ4v) is 1.09. The minimum absolute atomic E-state index is 0.731. The Morgan fingerprint density at radius 3 is 2.78 bits per heavy atom. The molecule has 9 heavy (non-hydrogen) atoms. The maximum atomic E-state index is 8.93. The summed E-state index contributed by atoms with van der Waals surface area (Å²) in [7, 11) is 0. The van der Waals surface area contributed by atoms with Gasteiger partial charge in [0.15, 0.2) is 0 Å². The molecule has 3 heteroatoms. The van der Waals surface area contributed by atoms with Crippen molar-refractivity contribution in [1.82, 2.24) is 4.73 Å². The van der Waals surface area contributed by atoms with Crippen LogP contribution in [0.25, 0.3) is 0 Å². The molecule has 1 aromatic rings. The molecule has 1 rings (SSSR count). The van der Waals surface area contributed by atoms with E-state index in [1.54, 1.807) is 6.20 Å².